The van der Waals surface area contributed by atoms with Gasteiger partial charge in [0.1, 0.15) is 0 Å². The summed E-state index contributed by atoms with van der Waals surface area (Å²) in [4.78, 5) is 24.9. The summed E-state index contributed by atoms with van der Waals surface area (Å²) in [6.45, 7) is 7.32. The first-order valence-electron chi connectivity index (χ1n) is 10.6. The van der Waals surface area contributed by atoms with E-state index in [9.17, 15) is 9.59 Å². The standard InChI is InChI=1S/C24H30N2O4/c1-4-11-29-21-10-9-19(15-22(21)30-12-5-2)25-23(27)17-7-6-8-18(14-17)26-24(28)20-13-16(20)3/h6-10,14-16,20H,4-5,11-13H2,1-3H3,(H,25,27)(H,26,28). The molecule has 30 heavy (non-hydrogen) atoms. The number of rotatable bonds is 10. The smallest absolute Gasteiger partial charge is 0.255 e. The van der Waals surface area contributed by atoms with E-state index < -0.39 is 0 Å². The van der Waals surface area contributed by atoms with Crippen LogP contribution in [-0.2, 0) is 4.79 Å². The van der Waals surface area contributed by atoms with Gasteiger partial charge in [-0.3, -0.25) is 9.59 Å². The molecule has 2 N–H and O–H groups in total. The normalized spacial score (nSPS) is 17.2. The maximum atomic E-state index is 12.7. The van der Waals surface area contributed by atoms with Gasteiger partial charge in [0, 0.05) is 28.9 Å². The van der Waals surface area contributed by atoms with E-state index >= 15 is 0 Å². The summed E-state index contributed by atoms with van der Waals surface area (Å²) in [7, 11) is 0. The second kappa shape index (κ2) is 10.1. The zero-order valence-electron chi connectivity index (χ0n) is 17.9. The van der Waals surface area contributed by atoms with Crippen molar-refractivity contribution in [3.63, 3.8) is 0 Å². The minimum atomic E-state index is -0.255. The molecule has 2 atom stereocenters. The molecule has 3 rings (SSSR count). The lowest BCUT2D eigenvalue weighted by Gasteiger charge is -2.14. The highest BCUT2D eigenvalue weighted by Gasteiger charge is 2.39. The number of amides is 2. The van der Waals surface area contributed by atoms with Crippen LogP contribution >= 0.6 is 0 Å². The van der Waals surface area contributed by atoms with Gasteiger partial charge >= 0.3 is 0 Å². The molecule has 6 heteroatoms. The van der Waals surface area contributed by atoms with Crippen LogP contribution in [0.2, 0.25) is 0 Å². The molecule has 1 aliphatic carbocycles. The van der Waals surface area contributed by atoms with Crippen LogP contribution in [0.15, 0.2) is 42.5 Å². The molecule has 6 nitrogen and oxygen atoms in total. The molecule has 0 bridgehead atoms. The highest BCUT2D eigenvalue weighted by atomic mass is 16.5. The Balaban J connectivity index is 1.68. The summed E-state index contributed by atoms with van der Waals surface area (Å²) in [5.74, 6) is 1.56. The molecule has 1 saturated carbocycles. The molecule has 1 aliphatic rings. The van der Waals surface area contributed by atoms with Crippen molar-refractivity contribution in [1.29, 1.82) is 0 Å². The molecule has 2 unspecified atom stereocenters. The van der Waals surface area contributed by atoms with Crippen molar-refractivity contribution in [3.8, 4) is 11.5 Å². The molecule has 0 radical (unpaired) electrons. The van der Waals surface area contributed by atoms with Crippen LogP contribution in [0.1, 0.15) is 50.4 Å². The summed E-state index contributed by atoms with van der Waals surface area (Å²) in [6.07, 6.45) is 2.70. The first kappa shape index (κ1) is 21.7. The van der Waals surface area contributed by atoms with Gasteiger partial charge in [0.05, 0.1) is 13.2 Å². The fraction of sp³-hybridized carbons (Fsp3) is 0.417. The SMILES string of the molecule is CCCOc1ccc(NC(=O)c2cccc(NC(=O)C3CC3C)c2)cc1OCCC. The van der Waals surface area contributed by atoms with Crippen LogP contribution in [-0.4, -0.2) is 25.0 Å². The third kappa shape index (κ3) is 5.75. The highest BCUT2D eigenvalue weighted by Crippen LogP contribution is 2.38. The Kier molecular flexibility index (Phi) is 7.33. The van der Waals surface area contributed by atoms with Crippen LogP contribution in [0.25, 0.3) is 0 Å². The average Bonchev–Trinajstić information content (AvgIpc) is 3.48. The van der Waals surface area contributed by atoms with Crippen molar-refractivity contribution in [2.24, 2.45) is 11.8 Å². The largest absolute Gasteiger partial charge is 0.490 e. The van der Waals surface area contributed by atoms with E-state index in [1.54, 1.807) is 36.4 Å². The quantitative estimate of drug-likeness (QED) is 0.571. The highest BCUT2D eigenvalue weighted by molar-refractivity contribution is 6.05. The van der Waals surface area contributed by atoms with Crippen molar-refractivity contribution in [1.82, 2.24) is 0 Å². The predicted octanol–water partition coefficient (Wildman–Crippen LogP) is 5.11. The lowest BCUT2D eigenvalue weighted by atomic mass is 10.1. The van der Waals surface area contributed by atoms with Gasteiger partial charge in [-0.05, 0) is 55.5 Å². The second-order valence-electron chi connectivity index (χ2n) is 7.70. The van der Waals surface area contributed by atoms with Gasteiger partial charge in [-0.15, -0.1) is 0 Å². The molecule has 0 saturated heterocycles. The Morgan fingerprint density at radius 1 is 0.933 bits per heavy atom. The lowest BCUT2D eigenvalue weighted by molar-refractivity contribution is -0.117. The molecule has 2 aromatic rings. The van der Waals surface area contributed by atoms with Crippen LogP contribution in [0.4, 0.5) is 11.4 Å². The molecule has 0 aromatic heterocycles. The number of hydrogen-bond acceptors (Lipinski definition) is 4. The minimum absolute atomic E-state index is 0.0143. The minimum Gasteiger partial charge on any atom is -0.490 e. The van der Waals surface area contributed by atoms with Crippen molar-refractivity contribution in [2.45, 2.75) is 40.0 Å². The summed E-state index contributed by atoms with van der Waals surface area (Å²) in [5, 5.41) is 5.79. The maximum Gasteiger partial charge on any atom is 0.255 e. The van der Waals surface area contributed by atoms with Crippen LogP contribution in [0, 0.1) is 11.8 Å². The third-order valence-electron chi connectivity index (χ3n) is 4.96. The average molecular weight is 411 g/mol. The lowest BCUT2D eigenvalue weighted by Crippen LogP contribution is -2.16. The molecule has 1 fully saturated rings. The zero-order chi connectivity index (χ0) is 21.5. The molecule has 2 amide bonds. The molecule has 0 heterocycles. The fourth-order valence-electron chi connectivity index (χ4n) is 3.11. The molecule has 160 valence electrons. The van der Waals surface area contributed by atoms with E-state index in [-0.39, 0.29) is 17.7 Å². The number of benzene rings is 2. The topological polar surface area (TPSA) is 76.7 Å². The number of nitrogens with one attached hydrogen (secondary N) is 2. The number of carbonyl (C=O) groups is 2. The van der Waals surface area contributed by atoms with E-state index in [2.05, 4.69) is 17.6 Å². The van der Waals surface area contributed by atoms with E-state index in [1.807, 2.05) is 19.9 Å². The molecule has 2 aromatic carbocycles. The van der Waals surface area contributed by atoms with Gasteiger partial charge in [0.25, 0.3) is 5.91 Å². The van der Waals surface area contributed by atoms with E-state index in [0.717, 1.165) is 19.3 Å². The molecular formula is C24H30N2O4. The number of carbonyl (C=O) groups excluding carboxylic acids is 2. The first-order valence-corrected chi connectivity index (χ1v) is 10.6. The van der Waals surface area contributed by atoms with Crippen LogP contribution < -0.4 is 20.1 Å². The Hall–Kier alpha value is -3.02. The Morgan fingerprint density at radius 2 is 1.60 bits per heavy atom. The van der Waals surface area contributed by atoms with Crippen molar-refractivity contribution in [2.75, 3.05) is 23.8 Å². The van der Waals surface area contributed by atoms with Gasteiger partial charge in [-0.25, -0.2) is 0 Å². The summed E-state index contributed by atoms with van der Waals surface area (Å²) >= 11 is 0. The van der Waals surface area contributed by atoms with E-state index in [4.69, 9.17) is 9.47 Å². The first-order chi connectivity index (χ1) is 14.5. The van der Waals surface area contributed by atoms with E-state index in [1.165, 1.54) is 0 Å². The number of ether oxygens (including phenoxy) is 2. The van der Waals surface area contributed by atoms with Gasteiger partial charge in [0.15, 0.2) is 11.5 Å². The predicted molar refractivity (Wildman–Crippen MR) is 118 cm³/mol. The summed E-state index contributed by atoms with van der Waals surface area (Å²) in [5.41, 5.74) is 1.72. The number of anilines is 2. The summed E-state index contributed by atoms with van der Waals surface area (Å²) in [6, 6.07) is 12.3. The Labute approximate surface area is 178 Å². The van der Waals surface area contributed by atoms with Gasteiger partial charge < -0.3 is 20.1 Å². The van der Waals surface area contributed by atoms with Crippen molar-refractivity contribution < 1.29 is 19.1 Å². The van der Waals surface area contributed by atoms with Crippen molar-refractivity contribution in [3.05, 3.63) is 48.0 Å². The van der Waals surface area contributed by atoms with Gasteiger partial charge in [0.2, 0.25) is 5.91 Å². The van der Waals surface area contributed by atoms with E-state index in [0.29, 0.717) is 47.6 Å². The third-order valence-corrected chi connectivity index (χ3v) is 4.96. The second-order valence-corrected chi connectivity index (χ2v) is 7.70. The zero-order valence-corrected chi connectivity index (χ0v) is 17.9. The molecule has 0 spiro atoms. The Morgan fingerprint density at radius 3 is 2.27 bits per heavy atom. The van der Waals surface area contributed by atoms with Crippen molar-refractivity contribution >= 4 is 23.2 Å². The fourth-order valence-corrected chi connectivity index (χ4v) is 3.11. The summed E-state index contributed by atoms with van der Waals surface area (Å²) < 4.78 is 11.5. The van der Waals surface area contributed by atoms with Gasteiger partial charge in [-0.1, -0.05) is 26.8 Å². The Bertz CT molecular complexity index is 897. The van der Waals surface area contributed by atoms with Crippen LogP contribution in [0.3, 0.4) is 0 Å². The molecular weight excluding hydrogens is 380 g/mol. The maximum absolute atomic E-state index is 12.7. The molecule has 0 aliphatic heterocycles. The number of hydrogen-bond donors (Lipinski definition) is 2. The van der Waals surface area contributed by atoms with Crippen LogP contribution in [0.5, 0.6) is 11.5 Å². The van der Waals surface area contributed by atoms with Gasteiger partial charge in [-0.2, -0.15) is 0 Å². The monoisotopic (exact) mass is 410 g/mol.